The van der Waals surface area contributed by atoms with Crippen LogP contribution in [0.3, 0.4) is 0 Å². The van der Waals surface area contributed by atoms with Crippen molar-refractivity contribution in [2.24, 2.45) is 11.7 Å². The van der Waals surface area contributed by atoms with Crippen LogP contribution in [-0.2, 0) is 16.4 Å². The average Bonchev–Trinajstić information content (AvgIpc) is 3.39. The van der Waals surface area contributed by atoms with Crippen LogP contribution in [0.1, 0.15) is 43.4 Å². The van der Waals surface area contributed by atoms with Gasteiger partial charge in [0.25, 0.3) is 0 Å². The van der Waals surface area contributed by atoms with E-state index in [0.29, 0.717) is 29.3 Å². The quantitative estimate of drug-likeness (QED) is 0.365. The standard InChI is InChI=1S/C24H27F7N4O2S/c1-14-19-11-33-35(18-6-4-17(25)5-7-18)20(19)10-15-2-3-16(22(14)15)12-34(9-8-21(32)24(29,30)31)38(36,37)13-23(26,27)28/h4-7,11,14,16,21H,2-3,8-10,12-13,32H2,1H3/t14?,16-,21?/m1/s1. The number of nitrogens with zero attached hydrogens (tertiary/aromatic N) is 3. The second-order valence-electron chi connectivity index (χ2n) is 9.79. The number of sulfonamides is 1. The lowest BCUT2D eigenvalue weighted by Gasteiger charge is -2.31. The molecule has 0 bridgehead atoms. The van der Waals surface area contributed by atoms with Gasteiger partial charge in [-0.1, -0.05) is 18.1 Å². The number of allylic oxidation sites excluding steroid dienone is 1. The minimum Gasteiger partial charge on any atom is -0.320 e. The summed E-state index contributed by atoms with van der Waals surface area (Å²) in [7, 11) is -4.94. The molecule has 0 aliphatic heterocycles. The van der Waals surface area contributed by atoms with Crippen molar-refractivity contribution in [2.45, 2.75) is 56.9 Å². The van der Waals surface area contributed by atoms with Crippen LogP contribution in [0.15, 0.2) is 41.6 Å². The van der Waals surface area contributed by atoms with Crippen LogP contribution in [0.25, 0.3) is 5.69 Å². The Kier molecular flexibility index (Phi) is 7.71. The summed E-state index contributed by atoms with van der Waals surface area (Å²) in [6.45, 7) is 0.740. The van der Waals surface area contributed by atoms with Crippen molar-refractivity contribution in [1.29, 1.82) is 0 Å². The van der Waals surface area contributed by atoms with E-state index in [9.17, 15) is 39.2 Å². The van der Waals surface area contributed by atoms with Crippen LogP contribution in [0.2, 0.25) is 0 Å². The molecule has 2 aliphatic carbocycles. The van der Waals surface area contributed by atoms with E-state index in [2.05, 4.69) is 5.10 Å². The number of hydrogen-bond acceptors (Lipinski definition) is 4. The number of hydrogen-bond donors (Lipinski definition) is 1. The van der Waals surface area contributed by atoms with Gasteiger partial charge >= 0.3 is 12.4 Å². The maximum absolute atomic E-state index is 13.4. The minimum absolute atomic E-state index is 0.236. The van der Waals surface area contributed by atoms with Gasteiger partial charge in [-0.15, -0.1) is 0 Å². The van der Waals surface area contributed by atoms with Crippen LogP contribution < -0.4 is 5.73 Å². The zero-order chi connectivity index (χ0) is 28.0. The molecule has 0 fully saturated rings. The van der Waals surface area contributed by atoms with Gasteiger partial charge in [0.1, 0.15) is 11.9 Å². The molecule has 6 nitrogen and oxygen atoms in total. The molecular weight excluding hydrogens is 541 g/mol. The lowest BCUT2D eigenvalue weighted by atomic mass is 9.80. The monoisotopic (exact) mass is 568 g/mol. The zero-order valence-corrected chi connectivity index (χ0v) is 21.2. The van der Waals surface area contributed by atoms with Gasteiger partial charge in [0.15, 0.2) is 5.75 Å². The fourth-order valence-electron chi connectivity index (χ4n) is 5.41. The van der Waals surface area contributed by atoms with Crippen LogP contribution in [0.5, 0.6) is 0 Å². The van der Waals surface area contributed by atoms with Crippen molar-refractivity contribution in [3.63, 3.8) is 0 Å². The van der Waals surface area contributed by atoms with Gasteiger partial charge in [-0.05, 0) is 49.4 Å². The van der Waals surface area contributed by atoms with E-state index >= 15 is 0 Å². The molecule has 3 atom stereocenters. The SMILES string of the molecule is CC1C2=C(CC[C@@H]2CN(CCC(N)C(F)(F)F)S(=O)(=O)CC(F)(F)F)Cc2c1cnn2-c1ccc(F)cc1. The third kappa shape index (κ3) is 6.07. The summed E-state index contributed by atoms with van der Waals surface area (Å²) in [6.07, 6.45) is -7.57. The molecule has 0 saturated carbocycles. The van der Waals surface area contributed by atoms with E-state index in [-0.39, 0.29) is 12.5 Å². The molecule has 2 unspecified atom stereocenters. The largest absolute Gasteiger partial charge is 0.404 e. The Balaban J connectivity index is 1.59. The summed E-state index contributed by atoms with van der Waals surface area (Å²) >= 11 is 0. The Hall–Kier alpha value is -2.45. The van der Waals surface area contributed by atoms with E-state index < -0.39 is 58.9 Å². The molecule has 0 radical (unpaired) electrons. The van der Waals surface area contributed by atoms with Crippen LogP contribution in [0.4, 0.5) is 30.7 Å². The van der Waals surface area contributed by atoms with Gasteiger partial charge in [0.2, 0.25) is 10.0 Å². The molecule has 2 aliphatic rings. The number of fused-ring (bicyclic) bond motifs is 1. The predicted molar refractivity (Wildman–Crippen MR) is 125 cm³/mol. The molecular formula is C24H27F7N4O2S. The Bertz CT molecular complexity index is 1300. The first-order valence-corrected chi connectivity index (χ1v) is 13.6. The second-order valence-corrected chi connectivity index (χ2v) is 11.8. The summed E-state index contributed by atoms with van der Waals surface area (Å²) in [5, 5.41) is 4.43. The number of rotatable bonds is 8. The summed E-state index contributed by atoms with van der Waals surface area (Å²) < 4.78 is 119. The van der Waals surface area contributed by atoms with Gasteiger partial charge in [-0.25, -0.2) is 21.8 Å². The predicted octanol–water partition coefficient (Wildman–Crippen LogP) is 4.85. The fourth-order valence-corrected chi connectivity index (χ4v) is 6.80. The van der Waals surface area contributed by atoms with Crippen molar-refractivity contribution >= 4 is 10.0 Å². The fraction of sp³-hybridized carbons (Fsp3) is 0.542. The highest BCUT2D eigenvalue weighted by Gasteiger charge is 2.43. The van der Waals surface area contributed by atoms with E-state index in [4.69, 9.17) is 5.73 Å². The van der Waals surface area contributed by atoms with Crippen molar-refractivity contribution in [1.82, 2.24) is 14.1 Å². The molecule has 38 heavy (non-hydrogen) atoms. The smallest absolute Gasteiger partial charge is 0.320 e. The summed E-state index contributed by atoms with van der Waals surface area (Å²) in [4.78, 5) is 0. The zero-order valence-electron chi connectivity index (χ0n) is 20.4. The second kappa shape index (κ2) is 10.3. The Morgan fingerprint density at radius 3 is 2.42 bits per heavy atom. The summed E-state index contributed by atoms with van der Waals surface area (Å²) in [5.41, 5.74) is 9.37. The van der Waals surface area contributed by atoms with Crippen molar-refractivity contribution < 1.29 is 39.2 Å². The third-order valence-electron chi connectivity index (χ3n) is 7.20. The maximum atomic E-state index is 13.4. The van der Waals surface area contributed by atoms with Gasteiger partial charge in [0, 0.05) is 31.0 Å². The van der Waals surface area contributed by atoms with Crippen molar-refractivity contribution in [3.05, 3.63) is 58.7 Å². The molecule has 210 valence electrons. The molecule has 0 saturated heterocycles. The molecule has 1 aromatic heterocycles. The topological polar surface area (TPSA) is 81.2 Å². The normalized spacial score (nSPS) is 21.1. The van der Waals surface area contributed by atoms with E-state index in [0.717, 1.165) is 22.4 Å². The molecule has 4 rings (SSSR count). The van der Waals surface area contributed by atoms with Gasteiger partial charge in [-0.3, -0.25) is 0 Å². The number of alkyl halides is 6. The molecule has 0 amide bonds. The highest BCUT2D eigenvalue weighted by Crippen LogP contribution is 2.47. The first-order valence-electron chi connectivity index (χ1n) is 12.0. The van der Waals surface area contributed by atoms with Crippen LogP contribution in [-0.4, -0.2) is 59.7 Å². The van der Waals surface area contributed by atoms with Gasteiger partial charge in [0.05, 0.1) is 17.6 Å². The minimum atomic E-state index is -5.05. The van der Waals surface area contributed by atoms with Crippen molar-refractivity contribution in [3.8, 4) is 5.69 Å². The van der Waals surface area contributed by atoms with Crippen LogP contribution >= 0.6 is 0 Å². The van der Waals surface area contributed by atoms with Crippen LogP contribution in [0, 0.1) is 11.7 Å². The van der Waals surface area contributed by atoms with Gasteiger partial charge in [-0.2, -0.15) is 31.4 Å². The van der Waals surface area contributed by atoms with E-state index in [1.54, 1.807) is 23.0 Å². The molecule has 2 aromatic rings. The molecule has 0 spiro atoms. The average molecular weight is 569 g/mol. The first kappa shape index (κ1) is 28.6. The highest BCUT2D eigenvalue weighted by molar-refractivity contribution is 7.89. The van der Waals surface area contributed by atoms with E-state index in [1.165, 1.54) is 12.1 Å². The number of halogens is 7. The Morgan fingerprint density at radius 1 is 1.16 bits per heavy atom. The number of nitrogens with two attached hydrogens (primary N) is 1. The maximum Gasteiger partial charge on any atom is 0.404 e. The molecule has 14 heteroatoms. The van der Waals surface area contributed by atoms with Gasteiger partial charge < -0.3 is 5.73 Å². The molecule has 1 heterocycles. The Morgan fingerprint density at radius 2 is 1.82 bits per heavy atom. The van der Waals surface area contributed by atoms with Crippen molar-refractivity contribution in [2.75, 3.05) is 18.8 Å². The Labute approximate surface area is 215 Å². The highest BCUT2D eigenvalue weighted by atomic mass is 32.2. The lowest BCUT2D eigenvalue weighted by Crippen LogP contribution is -2.45. The number of aromatic nitrogens is 2. The first-order chi connectivity index (χ1) is 17.6. The number of benzene rings is 1. The molecule has 2 N–H and O–H groups in total. The summed E-state index contributed by atoms with van der Waals surface area (Å²) in [5.74, 6) is -3.26. The third-order valence-corrected chi connectivity index (χ3v) is 9.01. The summed E-state index contributed by atoms with van der Waals surface area (Å²) in [6, 6.07) is 3.44. The molecule has 1 aromatic carbocycles. The lowest BCUT2D eigenvalue weighted by molar-refractivity contribution is -0.149. The van der Waals surface area contributed by atoms with E-state index in [1.807, 2.05) is 6.92 Å².